The highest BCUT2D eigenvalue weighted by Gasteiger charge is 2.23. The number of urea groups is 1. The second-order valence-corrected chi connectivity index (χ2v) is 5.92. The Hall–Kier alpha value is -2.08. The molecule has 0 saturated heterocycles. The molecule has 0 spiro atoms. The molecule has 2 amide bonds. The number of hydrogen-bond acceptors (Lipinski definition) is 3. The van der Waals surface area contributed by atoms with Crippen LogP contribution >= 0.6 is 0 Å². The van der Waals surface area contributed by atoms with Crippen LogP contribution in [0.2, 0.25) is 0 Å². The smallest absolute Gasteiger partial charge is 0.326 e. The SMILES string of the molecule is CC(C)CCN(CCO)C(=O)NC(Cc1ccccc1)C(=O)O. The standard InChI is InChI=1S/C17H26N2O4/c1-13(2)8-9-19(10-11-20)17(23)18-15(16(21)22)12-14-6-4-3-5-7-14/h3-7,13,15,20H,8-12H2,1-2H3,(H,18,23)(H,21,22). The number of hydrogen-bond donors (Lipinski definition) is 3. The third-order valence-electron chi connectivity index (χ3n) is 3.51. The number of nitrogens with one attached hydrogen (secondary N) is 1. The van der Waals surface area contributed by atoms with Gasteiger partial charge >= 0.3 is 12.0 Å². The zero-order valence-corrected chi connectivity index (χ0v) is 13.7. The Morgan fingerprint density at radius 2 is 1.83 bits per heavy atom. The van der Waals surface area contributed by atoms with Crippen LogP contribution < -0.4 is 5.32 Å². The van der Waals surface area contributed by atoms with Gasteiger partial charge in [-0.15, -0.1) is 0 Å². The van der Waals surface area contributed by atoms with Crippen LogP contribution in [0, 0.1) is 5.92 Å². The van der Waals surface area contributed by atoms with Gasteiger partial charge in [-0.1, -0.05) is 44.2 Å². The van der Waals surface area contributed by atoms with Gasteiger partial charge < -0.3 is 20.4 Å². The summed E-state index contributed by atoms with van der Waals surface area (Å²) in [4.78, 5) is 25.2. The van der Waals surface area contributed by atoms with Crippen molar-refractivity contribution in [3.05, 3.63) is 35.9 Å². The maximum absolute atomic E-state index is 12.3. The van der Waals surface area contributed by atoms with Crippen molar-refractivity contribution in [2.75, 3.05) is 19.7 Å². The predicted molar refractivity (Wildman–Crippen MR) is 88.2 cm³/mol. The van der Waals surface area contributed by atoms with Gasteiger partial charge in [0.25, 0.3) is 0 Å². The van der Waals surface area contributed by atoms with E-state index in [1.165, 1.54) is 4.90 Å². The fraction of sp³-hybridized carbons (Fsp3) is 0.529. The summed E-state index contributed by atoms with van der Waals surface area (Å²) in [5.74, 6) is -0.654. The van der Waals surface area contributed by atoms with Crippen molar-refractivity contribution in [3.63, 3.8) is 0 Å². The van der Waals surface area contributed by atoms with Crippen molar-refractivity contribution >= 4 is 12.0 Å². The molecule has 0 aliphatic carbocycles. The van der Waals surface area contributed by atoms with Gasteiger partial charge in [0.15, 0.2) is 0 Å². The van der Waals surface area contributed by atoms with Crippen molar-refractivity contribution in [1.82, 2.24) is 10.2 Å². The topological polar surface area (TPSA) is 89.9 Å². The molecule has 0 fully saturated rings. The first-order chi connectivity index (χ1) is 10.9. The highest BCUT2D eigenvalue weighted by molar-refractivity contribution is 5.82. The molecule has 1 unspecified atom stereocenters. The Kier molecular flexibility index (Phi) is 8.11. The third kappa shape index (κ3) is 7.15. The molecule has 0 aromatic heterocycles. The Labute approximate surface area is 137 Å². The van der Waals surface area contributed by atoms with Crippen molar-refractivity contribution in [1.29, 1.82) is 0 Å². The summed E-state index contributed by atoms with van der Waals surface area (Å²) in [5, 5.41) is 21.0. The van der Waals surface area contributed by atoms with Crippen LogP contribution in [0.1, 0.15) is 25.8 Å². The molecule has 6 heteroatoms. The summed E-state index contributed by atoms with van der Waals surface area (Å²) in [5.41, 5.74) is 0.844. The molecule has 0 aliphatic rings. The summed E-state index contributed by atoms with van der Waals surface area (Å²) in [6, 6.07) is 7.71. The lowest BCUT2D eigenvalue weighted by Gasteiger charge is -2.25. The second kappa shape index (κ2) is 9.84. The first-order valence-corrected chi connectivity index (χ1v) is 7.87. The van der Waals surface area contributed by atoms with E-state index in [9.17, 15) is 14.7 Å². The van der Waals surface area contributed by atoms with Gasteiger partial charge in [-0.2, -0.15) is 0 Å². The zero-order chi connectivity index (χ0) is 17.2. The number of nitrogens with zero attached hydrogens (tertiary/aromatic N) is 1. The monoisotopic (exact) mass is 322 g/mol. The molecule has 0 saturated carbocycles. The number of carboxylic acid groups (broad SMARTS) is 1. The first kappa shape index (κ1) is 19.0. The van der Waals surface area contributed by atoms with Crippen molar-refractivity contribution in [2.24, 2.45) is 5.92 Å². The van der Waals surface area contributed by atoms with E-state index in [2.05, 4.69) is 5.32 Å². The summed E-state index contributed by atoms with van der Waals surface area (Å²) >= 11 is 0. The average molecular weight is 322 g/mol. The Morgan fingerprint density at radius 3 is 2.35 bits per heavy atom. The van der Waals surface area contributed by atoms with E-state index in [-0.39, 0.29) is 19.6 Å². The number of amides is 2. The van der Waals surface area contributed by atoms with Crippen LogP contribution in [0.25, 0.3) is 0 Å². The fourth-order valence-corrected chi connectivity index (χ4v) is 2.14. The Bertz CT molecular complexity index is 491. The van der Waals surface area contributed by atoms with E-state index in [4.69, 9.17) is 5.11 Å². The van der Waals surface area contributed by atoms with E-state index in [0.29, 0.717) is 12.5 Å². The fourth-order valence-electron chi connectivity index (χ4n) is 2.14. The third-order valence-corrected chi connectivity index (χ3v) is 3.51. The minimum absolute atomic E-state index is 0.151. The van der Waals surface area contributed by atoms with Crippen LogP contribution in [-0.2, 0) is 11.2 Å². The molecule has 0 aliphatic heterocycles. The van der Waals surface area contributed by atoms with Crippen LogP contribution in [-0.4, -0.2) is 52.9 Å². The quantitative estimate of drug-likeness (QED) is 0.646. The number of benzene rings is 1. The van der Waals surface area contributed by atoms with E-state index < -0.39 is 18.0 Å². The highest BCUT2D eigenvalue weighted by Crippen LogP contribution is 2.06. The lowest BCUT2D eigenvalue weighted by atomic mass is 10.1. The number of aliphatic hydroxyl groups is 1. The number of carbonyl (C=O) groups is 2. The van der Waals surface area contributed by atoms with Gasteiger partial charge in [-0.3, -0.25) is 0 Å². The second-order valence-electron chi connectivity index (χ2n) is 5.92. The van der Waals surface area contributed by atoms with Crippen molar-refractivity contribution in [2.45, 2.75) is 32.7 Å². The molecule has 1 rings (SSSR count). The maximum atomic E-state index is 12.3. The van der Waals surface area contributed by atoms with Crippen LogP contribution in [0.15, 0.2) is 30.3 Å². The molecule has 23 heavy (non-hydrogen) atoms. The molecular formula is C17H26N2O4. The van der Waals surface area contributed by atoms with E-state index in [1.807, 2.05) is 44.2 Å². The minimum Gasteiger partial charge on any atom is -0.480 e. The highest BCUT2D eigenvalue weighted by atomic mass is 16.4. The summed E-state index contributed by atoms with van der Waals surface area (Å²) in [6.45, 7) is 4.62. The molecule has 0 bridgehead atoms. The van der Waals surface area contributed by atoms with Gasteiger partial charge in [0.05, 0.1) is 6.61 Å². The van der Waals surface area contributed by atoms with E-state index in [1.54, 1.807) is 0 Å². The Morgan fingerprint density at radius 1 is 1.17 bits per heavy atom. The van der Waals surface area contributed by atoms with Gasteiger partial charge in [0, 0.05) is 19.5 Å². The molecule has 3 N–H and O–H groups in total. The van der Waals surface area contributed by atoms with E-state index in [0.717, 1.165) is 12.0 Å². The molecule has 0 radical (unpaired) electrons. The number of carboxylic acids is 1. The summed E-state index contributed by atoms with van der Waals surface area (Å²) in [6.07, 6.45) is 1.02. The number of aliphatic hydroxyl groups excluding tert-OH is 1. The first-order valence-electron chi connectivity index (χ1n) is 7.87. The lowest BCUT2D eigenvalue weighted by molar-refractivity contribution is -0.139. The van der Waals surface area contributed by atoms with Crippen LogP contribution in [0.3, 0.4) is 0 Å². The predicted octanol–water partition coefficient (Wildman–Crippen LogP) is 1.73. The molecular weight excluding hydrogens is 296 g/mol. The lowest BCUT2D eigenvalue weighted by Crippen LogP contribution is -2.50. The molecule has 6 nitrogen and oxygen atoms in total. The van der Waals surface area contributed by atoms with Crippen LogP contribution in [0.4, 0.5) is 4.79 Å². The molecule has 128 valence electrons. The van der Waals surface area contributed by atoms with Crippen molar-refractivity contribution in [3.8, 4) is 0 Å². The normalized spacial score (nSPS) is 12.0. The average Bonchev–Trinajstić information content (AvgIpc) is 2.51. The molecule has 1 aromatic carbocycles. The number of carbonyl (C=O) groups excluding carboxylic acids is 1. The summed E-state index contributed by atoms with van der Waals surface area (Å²) in [7, 11) is 0. The zero-order valence-electron chi connectivity index (χ0n) is 13.7. The maximum Gasteiger partial charge on any atom is 0.326 e. The summed E-state index contributed by atoms with van der Waals surface area (Å²) < 4.78 is 0. The molecule has 0 heterocycles. The van der Waals surface area contributed by atoms with E-state index >= 15 is 0 Å². The van der Waals surface area contributed by atoms with Crippen molar-refractivity contribution < 1.29 is 19.8 Å². The number of rotatable bonds is 9. The minimum atomic E-state index is -1.07. The molecule has 1 atom stereocenters. The van der Waals surface area contributed by atoms with Gasteiger partial charge in [-0.25, -0.2) is 9.59 Å². The largest absolute Gasteiger partial charge is 0.480 e. The number of aliphatic carboxylic acids is 1. The van der Waals surface area contributed by atoms with Gasteiger partial charge in [0.1, 0.15) is 6.04 Å². The van der Waals surface area contributed by atoms with Gasteiger partial charge in [-0.05, 0) is 17.9 Å². The molecule has 1 aromatic rings. The Balaban J connectivity index is 2.68. The van der Waals surface area contributed by atoms with Crippen LogP contribution in [0.5, 0.6) is 0 Å². The van der Waals surface area contributed by atoms with Gasteiger partial charge in [0.2, 0.25) is 0 Å².